The summed E-state index contributed by atoms with van der Waals surface area (Å²) in [5.41, 5.74) is 1.31. The van der Waals surface area contributed by atoms with E-state index in [1.54, 1.807) is 6.07 Å². The van der Waals surface area contributed by atoms with Crippen LogP contribution in [0.15, 0.2) is 115 Å². The number of hydrogen-bond donors (Lipinski definition) is 1. The normalized spacial score (nSPS) is 11.3. The van der Waals surface area contributed by atoms with Crippen LogP contribution in [0.4, 0.5) is 0 Å². The van der Waals surface area contributed by atoms with Crippen LogP contribution in [0.2, 0.25) is 0 Å². The first-order valence-corrected chi connectivity index (χ1v) is 11.1. The summed E-state index contributed by atoms with van der Waals surface area (Å²) >= 11 is 0. The molecule has 0 heterocycles. The van der Waals surface area contributed by atoms with Gasteiger partial charge in [0, 0.05) is 6.07 Å². The summed E-state index contributed by atoms with van der Waals surface area (Å²) in [6.45, 7) is 0. The van der Waals surface area contributed by atoms with Gasteiger partial charge in [-0.2, -0.15) is 0 Å². The van der Waals surface area contributed by atoms with E-state index >= 15 is 0 Å². The van der Waals surface area contributed by atoms with Crippen LogP contribution in [0.1, 0.15) is 5.56 Å². The summed E-state index contributed by atoms with van der Waals surface area (Å²) in [6.07, 6.45) is 0.922. The van der Waals surface area contributed by atoms with Crippen molar-refractivity contribution in [1.29, 1.82) is 0 Å². The SMILES string of the molecule is Oc1cccc([P+](Cc2ccccc2)(c2ccccc2)c2ccccc2)c1. The summed E-state index contributed by atoms with van der Waals surface area (Å²) in [6, 6.07) is 40.0. The Morgan fingerprint density at radius 2 is 1.00 bits per heavy atom. The molecule has 4 rings (SSSR count). The number of hydrogen-bond acceptors (Lipinski definition) is 1. The molecule has 1 nitrogen and oxygen atoms in total. The fourth-order valence-corrected chi connectivity index (χ4v) is 7.93. The molecular formula is C25H22OP+. The molecule has 132 valence electrons. The van der Waals surface area contributed by atoms with E-state index in [4.69, 9.17) is 0 Å². The fraction of sp³-hybridized carbons (Fsp3) is 0.0400. The van der Waals surface area contributed by atoms with E-state index in [9.17, 15) is 5.11 Å². The lowest BCUT2D eigenvalue weighted by atomic mass is 10.2. The Hall–Kier alpha value is -2.89. The second-order valence-corrected chi connectivity index (χ2v) is 10.1. The number of aromatic hydroxyl groups is 1. The van der Waals surface area contributed by atoms with Gasteiger partial charge in [-0.15, -0.1) is 0 Å². The topological polar surface area (TPSA) is 20.2 Å². The molecule has 0 radical (unpaired) electrons. The van der Waals surface area contributed by atoms with Crippen LogP contribution in [0.3, 0.4) is 0 Å². The third kappa shape index (κ3) is 3.52. The van der Waals surface area contributed by atoms with Crippen molar-refractivity contribution in [1.82, 2.24) is 0 Å². The average Bonchev–Trinajstić information content (AvgIpc) is 2.74. The van der Waals surface area contributed by atoms with E-state index in [2.05, 4.69) is 97.1 Å². The lowest BCUT2D eigenvalue weighted by molar-refractivity contribution is 0.476. The van der Waals surface area contributed by atoms with E-state index in [0.29, 0.717) is 5.75 Å². The summed E-state index contributed by atoms with van der Waals surface area (Å²) < 4.78 is 0. The van der Waals surface area contributed by atoms with Crippen molar-refractivity contribution >= 4 is 23.2 Å². The molecule has 0 unspecified atom stereocenters. The van der Waals surface area contributed by atoms with Crippen molar-refractivity contribution in [2.75, 3.05) is 0 Å². The second-order valence-electron chi connectivity index (χ2n) is 6.64. The van der Waals surface area contributed by atoms with Crippen LogP contribution in [0.5, 0.6) is 5.75 Å². The largest absolute Gasteiger partial charge is 0.508 e. The van der Waals surface area contributed by atoms with Crippen molar-refractivity contribution in [3.8, 4) is 5.75 Å². The van der Waals surface area contributed by atoms with Gasteiger partial charge in [0.1, 0.15) is 28.9 Å². The number of phenols is 1. The van der Waals surface area contributed by atoms with Crippen molar-refractivity contribution in [2.45, 2.75) is 6.16 Å². The monoisotopic (exact) mass is 369 g/mol. The van der Waals surface area contributed by atoms with Gasteiger partial charge in [0.15, 0.2) is 0 Å². The Bertz CT molecular complexity index is 958. The molecule has 0 aliphatic rings. The molecule has 0 amide bonds. The molecular weight excluding hydrogens is 347 g/mol. The molecule has 0 fully saturated rings. The molecule has 0 spiro atoms. The quantitative estimate of drug-likeness (QED) is 0.497. The van der Waals surface area contributed by atoms with Crippen LogP contribution in [-0.4, -0.2) is 5.11 Å². The zero-order valence-corrected chi connectivity index (χ0v) is 16.0. The molecule has 4 aromatic rings. The Morgan fingerprint density at radius 1 is 0.519 bits per heavy atom. The van der Waals surface area contributed by atoms with Crippen molar-refractivity contribution in [3.05, 3.63) is 121 Å². The first kappa shape index (κ1) is 17.5. The Balaban J connectivity index is 2.02. The van der Waals surface area contributed by atoms with Crippen LogP contribution in [0.25, 0.3) is 0 Å². The Kier molecular flexibility index (Phi) is 5.05. The van der Waals surface area contributed by atoms with E-state index in [-0.39, 0.29) is 0 Å². The van der Waals surface area contributed by atoms with Gasteiger partial charge in [-0.3, -0.25) is 0 Å². The van der Waals surface area contributed by atoms with E-state index < -0.39 is 7.26 Å². The molecule has 0 aliphatic heterocycles. The molecule has 0 bridgehead atoms. The molecule has 27 heavy (non-hydrogen) atoms. The molecule has 0 saturated heterocycles. The molecule has 1 N–H and O–H groups in total. The summed E-state index contributed by atoms with van der Waals surface area (Å²) in [5, 5.41) is 14.1. The van der Waals surface area contributed by atoms with Crippen LogP contribution in [-0.2, 0) is 6.16 Å². The standard InChI is InChI=1S/C25H21OP/c26-22-13-10-18-25(19-22)27(23-14-6-2-7-15-23,24-16-8-3-9-17-24)20-21-11-4-1-5-12-21/h1-19H,20H2/p+1. The van der Waals surface area contributed by atoms with Gasteiger partial charge >= 0.3 is 0 Å². The minimum atomic E-state index is -1.96. The van der Waals surface area contributed by atoms with Crippen molar-refractivity contribution < 1.29 is 5.11 Å². The minimum absolute atomic E-state index is 0.316. The van der Waals surface area contributed by atoms with Gasteiger partial charge in [-0.25, -0.2) is 0 Å². The number of benzene rings is 4. The van der Waals surface area contributed by atoms with Gasteiger partial charge in [0.05, 0.1) is 6.16 Å². The highest BCUT2D eigenvalue weighted by atomic mass is 31.2. The van der Waals surface area contributed by atoms with E-state index in [1.165, 1.54) is 21.5 Å². The lowest BCUT2D eigenvalue weighted by Crippen LogP contribution is -2.32. The summed E-state index contributed by atoms with van der Waals surface area (Å²) in [7, 11) is -1.96. The third-order valence-corrected chi connectivity index (χ3v) is 9.29. The zero-order chi connectivity index (χ0) is 18.5. The summed E-state index contributed by atoms with van der Waals surface area (Å²) in [5.74, 6) is 0.316. The van der Waals surface area contributed by atoms with E-state index in [0.717, 1.165) is 6.16 Å². The maximum absolute atomic E-state index is 10.3. The first-order chi connectivity index (χ1) is 13.3. The highest BCUT2D eigenvalue weighted by Crippen LogP contribution is 2.58. The molecule has 0 atom stereocenters. The van der Waals surface area contributed by atoms with Gasteiger partial charge in [0.2, 0.25) is 0 Å². The third-order valence-electron chi connectivity index (χ3n) is 4.93. The van der Waals surface area contributed by atoms with Gasteiger partial charge in [-0.1, -0.05) is 72.8 Å². The first-order valence-electron chi connectivity index (χ1n) is 9.12. The maximum Gasteiger partial charge on any atom is 0.119 e. The fourth-order valence-electron chi connectivity index (χ4n) is 3.67. The smallest absolute Gasteiger partial charge is 0.119 e. The molecule has 0 aromatic heterocycles. The summed E-state index contributed by atoms with van der Waals surface area (Å²) in [4.78, 5) is 0. The molecule has 4 aromatic carbocycles. The second kappa shape index (κ2) is 7.78. The molecule has 0 aliphatic carbocycles. The van der Waals surface area contributed by atoms with Gasteiger partial charge in [-0.05, 0) is 42.0 Å². The Labute approximate surface area is 161 Å². The number of phenolic OH excluding ortho intramolecular Hbond substituents is 1. The molecule has 0 saturated carbocycles. The molecule has 2 heteroatoms. The Morgan fingerprint density at radius 3 is 1.52 bits per heavy atom. The van der Waals surface area contributed by atoms with Crippen molar-refractivity contribution in [3.63, 3.8) is 0 Å². The van der Waals surface area contributed by atoms with Gasteiger partial charge in [0.25, 0.3) is 0 Å². The zero-order valence-electron chi connectivity index (χ0n) is 15.1. The van der Waals surface area contributed by atoms with E-state index in [1.807, 2.05) is 12.1 Å². The van der Waals surface area contributed by atoms with Crippen molar-refractivity contribution in [2.24, 2.45) is 0 Å². The highest BCUT2D eigenvalue weighted by molar-refractivity contribution is 7.95. The predicted molar refractivity (Wildman–Crippen MR) is 117 cm³/mol. The van der Waals surface area contributed by atoms with Crippen LogP contribution >= 0.6 is 7.26 Å². The number of rotatable bonds is 5. The predicted octanol–water partition coefficient (Wildman–Crippen LogP) is 4.89. The minimum Gasteiger partial charge on any atom is -0.508 e. The van der Waals surface area contributed by atoms with Crippen LogP contribution < -0.4 is 15.9 Å². The highest BCUT2D eigenvalue weighted by Gasteiger charge is 2.45. The lowest BCUT2D eigenvalue weighted by Gasteiger charge is -2.28. The van der Waals surface area contributed by atoms with Crippen LogP contribution in [0, 0.1) is 0 Å². The average molecular weight is 369 g/mol. The van der Waals surface area contributed by atoms with Gasteiger partial charge < -0.3 is 5.11 Å². The maximum atomic E-state index is 10.3.